The van der Waals surface area contributed by atoms with E-state index >= 15 is 0 Å². The van der Waals surface area contributed by atoms with E-state index < -0.39 is 0 Å². The molecule has 0 spiro atoms. The van der Waals surface area contributed by atoms with Gasteiger partial charge in [-0.1, -0.05) is 13.8 Å². The minimum Gasteiger partial charge on any atom is -0.362 e. The molecule has 0 radical (unpaired) electrons. The van der Waals surface area contributed by atoms with Crippen molar-refractivity contribution >= 4 is 0 Å². The molecule has 0 saturated carbocycles. The van der Waals surface area contributed by atoms with Crippen LogP contribution in [0.1, 0.15) is 13.8 Å². The number of hydrogen-bond donors (Lipinski definition) is 0. The molecule has 0 bridgehead atoms. The molecule has 0 atom stereocenters. The van der Waals surface area contributed by atoms with Crippen molar-refractivity contribution in [3.63, 3.8) is 0 Å². The van der Waals surface area contributed by atoms with Crippen molar-refractivity contribution in [3.8, 4) is 0 Å². The van der Waals surface area contributed by atoms with Crippen LogP contribution in [-0.2, 0) is 0 Å². The van der Waals surface area contributed by atoms with Crippen LogP contribution in [-0.4, -0.2) is 30.6 Å². The van der Waals surface area contributed by atoms with Gasteiger partial charge >= 0.3 is 0 Å². The fraction of sp³-hybridized carbons (Fsp3) is 0.714. The fourth-order valence-electron chi connectivity index (χ4n) is 0.674. The minimum absolute atomic E-state index is 1.03. The first-order valence-electron chi connectivity index (χ1n) is 3.38. The Morgan fingerprint density at radius 1 is 1.00 bits per heavy atom. The summed E-state index contributed by atoms with van der Waals surface area (Å²) in [5.74, 6) is 0. The van der Waals surface area contributed by atoms with Gasteiger partial charge in [0, 0.05) is 26.5 Å². The van der Waals surface area contributed by atoms with Gasteiger partial charge in [-0.05, 0) is 0 Å². The highest BCUT2D eigenvalue weighted by Gasteiger charge is 1.99. The number of nitrogens with zero attached hydrogens (tertiary/aromatic N) is 2. The molecule has 2 heteroatoms. The summed E-state index contributed by atoms with van der Waals surface area (Å²) in [6.07, 6.45) is 4.11. The van der Waals surface area contributed by atoms with E-state index in [9.17, 15) is 0 Å². The van der Waals surface area contributed by atoms with Gasteiger partial charge in [-0.3, -0.25) is 0 Å². The summed E-state index contributed by atoms with van der Waals surface area (Å²) in [6, 6.07) is 0. The second-order valence-electron chi connectivity index (χ2n) is 1.95. The molecular weight excluding hydrogens is 112 g/mol. The van der Waals surface area contributed by atoms with Crippen LogP contribution in [0.3, 0.4) is 0 Å². The highest BCUT2D eigenvalue weighted by molar-refractivity contribution is 4.85. The molecule has 0 fully saturated rings. The van der Waals surface area contributed by atoms with Crippen molar-refractivity contribution in [2.24, 2.45) is 0 Å². The summed E-state index contributed by atoms with van der Waals surface area (Å²) in [7, 11) is 4.11. The van der Waals surface area contributed by atoms with Crippen molar-refractivity contribution in [2.45, 2.75) is 13.8 Å². The highest BCUT2D eigenvalue weighted by atomic mass is 15.3. The van der Waals surface area contributed by atoms with Gasteiger partial charge < -0.3 is 9.80 Å². The zero-order valence-electron chi connectivity index (χ0n) is 6.76. The van der Waals surface area contributed by atoms with E-state index in [4.69, 9.17) is 0 Å². The van der Waals surface area contributed by atoms with Crippen LogP contribution in [0.5, 0.6) is 0 Å². The summed E-state index contributed by atoms with van der Waals surface area (Å²) in [6.45, 7) is 5.03. The molecule has 2 nitrogen and oxygen atoms in total. The van der Waals surface area contributed by atoms with E-state index in [-0.39, 0.29) is 0 Å². The van der Waals surface area contributed by atoms with Gasteiger partial charge in [0.1, 0.15) is 0 Å². The van der Waals surface area contributed by atoms with E-state index in [1.807, 2.05) is 13.8 Å². The standard InChI is InChI=1S/C5H10N2.C2H6/c1-6-3-4-7(2)5-6;1-2/h3-4H,5H2,1-2H3;1-2H3. The maximum Gasteiger partial charge on any atom is 0.0887 e. The molecule has 1 heterocycles. The third-order valence-electron chi connectivity index (χ3n) is 1.02. The van der Waals surface area contributed by atoms with Gasteiger partial charge in [-0.2, -0.15) is 0 Å². The van der Waals surface area contributed by atoms with Crippen LogP contribution < -0.4 is 0 Å². The molecule has 9 heavy (non-hydrogen) atoms. The van der Waals surface area contributed by atoms with E-state index in [1.54, 1.807) is 0 Å². The number of hydrogen-bond acceptors (Lipinski definition) is 2. The number of rotatable bonds is 0. The zero-order valence-corrected chi connectivity index (χ0v) is 6.76. The fourth-order valence-corrected chi connectivity index (χ4v) is 0.674. The third kappa shape index (κ3) is 3.01. The topological polar surface area (TPSA) is 6.48 Å². The smallest absolute Gasteiger partial charge is 0.0887 e. The first-order valence-corrected chi connectivity index (χ1v) is 3.38. The molecular formula is C7H16N2. The Labute approximate surface area is 57.8 Å². The monoisotopic (exact) mass is 128 g/mol. The van der Waals surface area contributed by atoms with E-state index in [2.05, 4.69) is 36.3 Å². The Balaban J connectivity index is 0.000000291. The lowest BCUT2D eigenvalue weighted by atomic mass is 10.9. The first kappa shape index (κ1) is 8.34. The quantitative estimate of drug-likeness (QED) is 0.485. The predicted molar refractivity (Wildman–Crippen MR) is 40.9 cm³/mol. The molecule has 1 rings (SSSR count). The van der Waals surface area contributed by atoms with Crippen LogP contribution in [0, 0.1) is 0 Å². The predicted octanol–water partition coefficient (Wildman–Crippen LogP) is 1.32. The SMILES string of the molecule is CC.CN1C=CN(C)C1. The lowest BCUT2D eigenvalue weighted by Crippen LogP contribution is -2.17. The molecule has 0 amide bonds. The Hall–Kier alpha value is -0.660. The average Bonchev–Trinajstić information content (AvgIpc) is 2.20. The van der Waals surface area contributed by atoms with E-state index in [0.717, 1.165) is 6.67 Å². The highest BCUT2D eigenvalue weighted by Crippen LogP contribution is 1.97. The molecule has 1 aliphatic rings. The molecule has 0 aliphatic carbocycles. The molecule has 0 N–H and O–H groups in total. The molecule has 54 valence electrons. The normalized spacial score (nSPS) is 15.6. The summed E-state index contributed by atoms with van der Waals surface area (Å²) >= 11 is 0. The molecule has 0 aromatic rings. The lowest BCUT2D eigenvalue weighted by Gasteiger charge is -2.10. The van der Waals surface area contributed by atoms with Crippen LogP contribution in [0.2, 0.25) is 0 Å². The van der Waals surface area contributed by atoms with Crippen LogP contribution >= 0.6 is 0 Å². The second-order valence-corrected chi connectivity index (χ2v) is 1.95. The zero-order chi connectivity index (χ0) is 7.28. The summed E-state index contributed by atoms with van der Waals surface area (Å²) in [5, 5.41) is 0. The minimum atomic E-state index is 1.03. The van der Waals surface area contributed by atoms with Crippen molar-refractivity contribution in [3.05, 3.63) is 12.4 Å². The van der Waals surface area contributed by atoms with Gasteiger partial charge in [0.2, 0.25) is 0 Å². The van der Waals surface area contributed by atoms with Gasteiger partial charge in [-0.15, -0.1) is 0 Å². The average molecular weight is 128 g/mol. The first-order chi connectivity index (χ1) is 4.29. The summed E-state index contributed by atoms with van der Waals surface area (Å²) in [4.78, 5) is 4.25. The van der Waals surface area contributed by atoms with Gasteiger partial charge in [0.25, 0.3) is 0 Å². The van der Waals surface area contributed by atoms with Crippen molar-refractivity contribution < 1.29 is 0 Å². The largest absolute Gasteiger partial charge is 0.362 e. The molecule has 0 unspecified atom stereocenters. The molecule has 0 saturated heterocycles. The van der Waals surface area contributed by atoms with E-state index in [0.29, 0.717) is 0 Å². The second kappa shape index (κ2) is 4.24. The lowest BCUT2D eigenvalue weighted by molar-refractivity contribution is 0.340. The van der Waals surface area contributed by atoms with Gasteiger partial charge in [-0.25, -0.2) is 0 Å². The summed E-state index contributed by atoms with van der Waals surface area (Å²) in [5.41, 5.74) is 0. The van der Waals surface area contributed by atoms with Crippen molar-refractivity contribution in [1.82, 2.24) is 9.80 Å². The van der Waals surface area contributed by atoms with Crippen LogP contribution in [0.15, 0.2) is 12.4 Å². The van der Waals surface area contributed by atoms with E-state index in [1.165, 1.54) is 0 Å². The van der Waals surface area contributed by atoms with Gasteiger partial charge in [0.05, 0.1) is 6.67 Å². The van der Waals surface area contributed by atoms with Crippen molar-refractivity contribution in [2.75, 3.05) is 20.8 Å². The molecule has 1 aliphatic heterocycles. The molecule has 0 aromatic carbocycles. The Bertz CT molecular complexity index is 78.9. The maximum atomic E-state index is 2.12. The molecule has 0 aromatic heterocycles. The van der Waals surface area contributed by atoms with Crippen LogP contribution in [0.25, 0.3) is 0 Å². The van der Waals surface area contributed by atoms with Crippen LogP contribution in [0.4, 0.5) is 0 Å². The van der Waals surface area contributed by atoms with Crippen molar-refractivity contribution in [1.29, 1.82) is 0 Å². The summed E-state index contributed by atoms with van der Waals surface area (Å²) < 4.78 is 0. The maximum absolute atomic E-state index is 2.12. The Morgan fingerprint density at radius 2 is 1.33 bits per heavy atom. The Kier molecular flexibility index (Phi) is 3.93. The third-order valence-corrected chi connectivity index (χ3v) is 1.02. The van der Waals surface area contributed by atoms with Gasteiger partial charge in [0.15, 0.2) is 0 Å². The Morgan fingerprint density at radius 3 is 1.44 bits per heavy atom.